The number of aromatic nitrogens is 3. The quantitative estimate of drug-likeness (QED) is 0.545. The van der Waals surface area contributed by atoms with E-state index in [-0.39, 0.29) is 17.9 Å². The number of nitrogens with zero attached hydrogens (tertiary/aromatic N) is 2. The number of hydrogen-bond acceptors (Lipinski definition) is 4. The summed E-state index contributed by atoms with van der Waals surface area (Å²) in [5, 5.41) is 9.00. The van der Waals surface area contributed by atoms with Crippen LogP contribution >= 0.6 is 0 Å². The predicted octanol–water partition coefficient (Wildman–Crippen LogP) is 0.489. The molecule has 2 aromatic heterocycles. The van der Waals surface area contributed by atoms with E-state index in [0.717, 1.165) is 5.69 Å². The van der Waals surface area contributed by atoms with Crippen LogP contribution in [-0.4, -0.2) is 27.3 Å². The zero-order valence-corrected chi connectivity index (χ0v) is 11.0. The molecular weight excluding hydrogens is 258 g/mol. The second-order valence-corrected chi connectivity index (χ2v) is 4.23. The highest BCUT2D eigenvalue weighted by molar-refractivity contribution is 5.80. The Morgan fingerprint density at radius 1 is 1.45 bits per heavy atom. The van der Waals surface area contributed by atoms with Crippen molar-refractivity contribution in [1.29, 1.82) is 0 Å². The Kier molecular flexibility index (Phi) is 4.43. The van der Waals surface area contributed by atoms with Crippen molar-refractivity contribution in [3.8, 4) is 0 Å². The van der Waals surface area contributed by atoms with Crippen molar-refractivity contribution in [3.05, 3.63) is 51.7 Å². The second-order valence-electron chi connectivity index (χ2n) is 4.23. The molecule has 2 aromatic rings. The minimum Gasteiger partial charge on any atom is -0.302 e. The van der Waals surface area contributed by atoms with Crippen LogP contribution in [-0.2, 0) is 11.2 Å². The molecule has 3 N–H and O–H groups in total. The van der Waals surface area contributed by atoms with Gasteiger partial charge in [0.2, 0.25) is 5.91 Å². The van der Waals surface area contributed by atoms with E-state index in [0.29, 0.717) is 17.7 Å². The Labute approximate surface area is 115 Å². The molecule has 0 saturated carbocycles. The van der Waals surface area contributed by atoms with E-state index in [1.807, 2.05) is 6.07 Å². The Morgan fingerprint density at radius 2 is 2.30 bits per heavy atom. The summed E-state index contributed by atoms with van der Waals surface area (Å²) in [7, 11) is 0. The van der Waals surface area contributed by atoms with Crippen LogP contribution in [0.1, 0.15) is 23.4 Å². The first-order valence-electron chi connectivity index (χ1n) is 6.16. The van der Waals surface area contributed by atoms with Crippen molar-refractivity contribution in [2.75, 3.05) is 0 Å². The minimum atomic E-state index is -0.253. The van der Waals surface area contributed by atoms with Gasteiger partial charge in [0.15, 0.2) is 0 Å². The van der Waals surface area contributed by atoms with Gasteiger partial charge in [-0.2, -0.15) is 5.10 Å². The highest BCUT2D eigenvalue weighted by atomic mass is 16.2. The number of hydrazone groups is 1. The van der Waals surface area contributed by atoms with Crippen molar-refractivity contribution in [2.24, 2.45) is 5.10 Å². The van der Waals surface area contributed by atoms with Crippen molar-refractivity contribution >= 4 is 12.1 Å². The summed E-state index contributed by atoms with van der Waals surface area (Å²) in [5.74, 6) is -0.253. The summed E-state index contributed by atoms with van der Waals surface area (Å²) in [6, 6.07) is 5.40. The van der Waals surface area contributed by atoms with Crippen LogP contribution in [0.5, 0.6) is 0 Å². The third-order valence-corrected chi connectivity index (χ3v) is 2.77. The van der Waals surface area contributed by atoms with Gasteiger partial charge in [0.05, 0.1) is 11.9 Å². The fourth-order valence-corrected chi connectivity index (χ4v) is 1.69. The monoisotopic (exact) mass is 273 g/mol. The number of nitrogens with one attached hydrogen (secondary N) is 3. The van der Waals surface area contributed by atoms with E-state index in [1.165, 1.54) is 6.21 Å². The van der Waals surface area contributed by atoms with Gasteiger partial charge in [-0.05, 0) is 25.5 Å². The predicted molar refractivity (Wildman–Crippen MR) is 74.4 cm³/mol. The normalized spacial score (nSPS) is 10.8. The molecule has 7 heteroatoms. The summed E-state index contributed by atoms with van der Waals surface area (Å²) in [6.45, 7) is 1.78. The number of aromatic amines is 2. The summed E-state index contributed by atoms with van der Waals surface area (Å²) in [5.41, 5.74) is 4.21. The number of pyridine rings is 1. The minimum absolute atomic E-state index is 0.188. The molecule has 0 aliphatic heterocycles. The smallest absolute Gasteiger partial charge is 0.267 e. The standard InChI is InChI=1S/C13H15N5O2/c1-9-11(13(20)18-16-9)5-6-12(19)17-15-8-10-4-2-3-7-14-10/h2-4,7-8H,5-6H2,1H3,(H,17,19)(H2,16,18,20)/b15-8-. The molecular formula is C13H15N5O2. The zero-order chi connectivity index (χ0) is 14.4. The summed E-state index contributed by atoms with van der Waals surface area (Å²) >= 11 is 0. The molecule has 0 spiro atoms. The Morgan fingerprint density at radius 3 is 2.95 bits per heavy atom. The Hall–Kier alpha value is -2.70. The van der Waals surface area contributed by atoms with Gasteiger partial charge in [-0.25, -0.2) is 5.43 Å². The first kappa shape index (κ1) is 13.7. The molecule has 0 bridgehead atoms. The first-order chi connectivity index (χ1) is 9.66. The lowest BCUT2D eigenvalue weighted by atomic mass is 10.1. The molecule has 0 aliphatic rings. The maximum Gasteiger partial charge on any atom is 0.267 e. The van der Waals surface area contributed by atoms with Gasteiger partial charge in [-0.1, -0.05) is 6.07 Å². The Balaban J connectivity index is 1.82. The van der Waals surface area contributed by atoms with Gasteiger partial charge in [-0.3, -0.25) is 19.7 Å². The molecule has 0 radical (unpaired) electrons. The van der Waals surface area contributed by atoms with E-state index >= 15 is 0 Å². The van der Waals surface area contributed by atoms with E-state index in [1.54, 1.807) is 25.3 Å². The number of rotatable bonds is 5. The lowest BCUT2D eigenvalue weighted by Gasteiger charge is -1.98. The van der Waals surface area contributed by atoms with Crippen molar-refractivity contribution in [2.45, 2.75) is 19.8 Å². The summed E-state index contributed by atoms with van der Waals surface area (Å²) in [4.78, 5) is 27.0. The van der Waals surface area contributed by atoms with E-state index in [4.69, 9.17) is 0 Å². The second kappa shape index (κ2) is 6.46. The molecule has 1 amide bonds. The first-order valence-corrected chi connectivity index (χ1v) is 6.16. The summed E-state index contributed by atoms with van der Waals surface area (Å²) in [6.07, 6.45) is 3.67. The van der Waals surface area contributed by atoms with Gasteiger partial charge in [-0.15, -0.1) is 0 Å². The third kappa shape index (κ3) is 3.64. The molecule has 20 heavy (non-hydrogen) atoms. The SMILES string of the molecule is Cc1[nH][nH]c(=O)c1CCC(=O)N/N=C\c1ccccn1. The topological polar surface area (TPSA) is 103 Å². The van der Waals surface area contributed by atoms with Crippen LogP contribution in [0, 0.1) is 6.92 Å². The van der Waals surface area contributed by atoms with E-state index in [2.05, 4.69) is 25.7 Å². The van der Waals surface area contributed by atoms with Crippen LogP contribution < -0.4 is 11.0 Å². The highest BCUT2D eigenvalue weighted by Gasteiger charge is 2.08. The molecule has 7 nitrogen and oxygen atoms in total. The third-order valence-electron chi connectivity index (χ3n) is 2.77. The van der Waals surface area contributed by atoms with Crippen molar-refractivity contribution in [1.82, 2.24) is 20.6 Å². The zero-order valence-electron chi connectivity index (χ0n) is 11.0. The van der Waals surface area contributed by atoms with Gasteiger partial charge in [0, 0.05) is 23.9 Å². The fourth-order valence-electron chi connectivity index (χ4n) is 1.69. The van der Waals surface area contributed by atoms with E-state index < -0.39 is 0 Å². The maximum absolute atomic E-state index is 11.6. The Bertz CT molecular complexity index is 657. The molecule has 104 valence electrons. The van der Waals surface area contributed by atoms with Gasteiger partial charge in [0.25, 0.3) is 5.56 Å². The van der Waals surface area contributed by atoms with Crippen LogP contribution in [0.3, 0.4) is 0 Å². The van der Waals surface area contributed by atoms with Gasteiger partial charge < -0.3 is 5.10 Å². The number of carbonyl (C=O) groups is 1. The van der Waals surface area contributed by atoms with Crippen LogP contribution in [0.4, 0.5) is 0 Å². The molecule has 0 atom stereocenters. The maximum atomic E-state index is 11.6. The molecule has 0 fully saturated rings. The fraction of sp³-hybridized carbons (Fsp3) is 0.231. The molecule has 0 aromatic carbocycles. The average Bonchev–Trinajstić information content (AvgIpc) is 2.77. The number of carbonyl (C=O) groups excluding carboxylic acids is 1. The number of H-pyrrole nitrogens is 2. The van der Waals surface area contributed by atoms with Crippen LogP contribution in [0.25, 0.3) is 0 Å². The lowest BCUT2D eigenvalue weighted by Crippen LogP contribution is -2.19. The lowest BCUT2D eigenvalue weighted by molar-refractivity contribution is -0.121. The highest BCUT2D eigenvalue weighted by Crippen LogP contribution is 2.00. The van der Waals surface area contributed by atoms with Gasteiger partial charge >= 0.3 is 0 Å². The molecule has 0 aliphatic carbocycles. The molecule has 2 rings (SSSR count). The van der Waals surface area contributed by atoms with Crippen molar-refractivity contribution in [3.63, 3.8) is 0 Å². The van der Waals surface area contributed by atoms with E-state index in [9.17, 15) is 9.59 Å². The number of amides is 1. The average molecular weight is 273 g/mol. The molecule has 2 heterocycles. The van der Waals surface area contributed by atoms with Gasteiger partial charge in [0.1, 0.15) is 0 Å². The van der Waals surface area contributed by atoms with Crippen LogP contribution in [0.2, 0.25) is 0 Å². The molecule has 0 unspecified atom stereocenters. The van der Waals surface area contributed by atoms with Crippen LogP contribution in [0.15, 0.2) is 34.3 Å². The number of aryl methyl sites for hydroxylation is 1. The largest absolute Gasteiger partial charge is 0.302 e. The molecule has 0 saturated heterocycles. The van der Waals surface area contributed by atoms with Crippen molar-refractivity contribution < 1.29 is 4.79 Å². The number of hydrogen-bond donors (Lipinski definition) is 3. The summed E-state index contributed by atoms with van der Waals surface area (Å²) < 4.78 is 0.